The van der Waals surface area contributed by atoms with Crippen molar-refractivity contribution in [2.45, 2.75) is 30.7 Å². The van der Waals surface area contributed by atoms with E-state index in [-0.39, 0.29) is 10.8 Å². The summed E-state index contributed by atoms with van der Waals surface area (Å²) < 4.78 is 22.1. The van der Waals surface area contributed by atoms with Gasteiger partial charge in [-0.1, -0.05) is 13.3 Å². The Morgan fingerprint density at radius 2 is 1.89 bits per heavy atom. The lowest BCUT2D eigenvalue weighted by Gasteiger charge is -2.11. The summed E-state index contributed by atoms with van der Waals surface area (Å²) in [7, 11) is -3.71. The summed E-state index contributed by atoms with van der Waals surface area (Å²) >= 11 is 0. The van der Waals surface area contributed by atoms with Gasteiger partial charge >= 0.3 is 0 Å². The first kappa shape index (κ1) is 14.6. The van der Waals surface area contributed by atoms with E-state index in [0.29, 0.717) is 12.1 Å². The minimum absolute atomic E-state index is 0.00152. The lowest BCUT2D eigenvalue weighted by atomic mass is 10.1. The van der Waals surface area contributed by atoms with Crippen LogP contribution in [0.25, 0.3) is 0 Å². The maximum atomic E-state index is 11.6. The van der Waals surface area contributed by atoms with Gasteiger partial charge in [0.1, 0.15) is 0 Å². The number of hydrogen-bond acceptors (Lipinski definition) is 4. The van der Waals surface area contributed by atoms with Crippen molar-refractivity contribution in [1.29, 1.82) is 0 Å². The first-order chi connectivity index (χ1) is 8.34. The fourth-order valence-corrected chi connectivity index (χ4v) is 1.92. The highest BCUT2D eigenvalue weighted by atomic mass is 32.2. The number of amides is 1. The van der Waals surface area contributed by atoms with Crippen LogP contribution in [0.3, 0.4) is 0 Å². The number of primary sulfonamides is 1. The quantitative estimate of drug-likeness (QED) is 0.718. The van der Waals surface area contributed by atoms with Crippen LogP contribution in [-0.4, -0.2) is 20.4 Å². The van der Waals surface area contributed by atoms with Gasteiger partial charge in [0.2, 0.25) is 15.9 Å². The molecule has 0 saturated heterocycles. The molecule has 1 aromatic rings. The number of carbonyl (C=O) groups is 1. The molecule has 6 nitrogen and oxygen atoms in total. The molecule has 18 heavy (non-hydrogen) atoms. The molecule has 1 aromatic carbocycles. The molecule has 0 aliphatic carbocycles. The molecule has 100 valence electrons. The molecule has 5 N–H and O–H groups in total. The van der Waals surface area contributed by atoms with E-state index in [2.05, 4.69) is 5.32 Å². The number of hydrogen-bond donors (Lipinski definition) is 3. The highest BCUT2D eigenvalue weighted by Gasteiger charge is 2.13. The van der Waals surface area contributed by atoms with Gasteiger partial charge in [-0.3, -0.25) is 4.79 Å². The fraction of sp³-hybridized carbons (Fsp3) is 0.364. The highest BCUT2D eigenvalue weighted by molar-refractivity contribution is 7.89. The molecule has 0 aliphatic heterocycles. The Kier molecular flexibility index (Phi) is 4.83. The smallest absolute Gasteiger partial charge is 0.241 e. The zero-order valence-corrected chi connectivity index (χ0v) is 10.9. The molecule has 1 rings (SSSR count). The second-order valence-corrected chi connectivity index (χ2v) is 5.52. The van der Waals surface area contributed by atoms with E-state index >= 15 is 0 Å². The van der Waals surface area contributed by atoms with Crippen LogP contribution in [0.2, 0.25) is 0 Å². The molecule has 1 atom stereocenters. The number of nitrogens with two attached hydrogens (primary N) is 2. The zero-order chi connectivity index (χ0) is 13.8. The van der Waals surface area contributed by atoms with Gasteiger partial charge in [0.25, 0.3) is 0 Å². The largest absolute Gasteiger partial charge is 0.325 e. The van der Waals surface area contributed by atoms with Gasteiger partial charge in [0, 0.05) is 5.69 Å². The lowest BCUT2D eigenvalue weighted by Crippen LogP contribution is -2.35. The molecule has 7 heteroatoms. The SMILES string of the molecule is CCCC(N)C(=O)Nc1ccc(S(N)(=O)=O)cc1. The summed E-state index contributed by atoms with van der Waals surface area (Å²) in [6.07, 6.45) is 1.42. The van der Waals surface area contributed by atoms with Gasteiger partial charge in [0.05, 0.1) is 10.9 Å². The number of sulfonamides is 1. The predicted molar refractivity (Wildman–Crippen MR) is 69.3 cm³/mol. The molecule has 0 spiro atoms. The summed E-state index contributed by atoms with van der Waals surface area (Å²) in [5.74, 6) is -0.291. The fourth-order valence-electron chi connectivity index (χ4n) is 1.41. The topological polar surface area (TPSA) is 115 Å². The van der Waals surface area contributed by atoms with Gasteiger partial charge in [-0.15, -0.1) is 0 Å². The van der Waals surface area contributed by atoms with E-state index in [0.717, 1.165) is 6.42 Å². The Hall–Kier alpha value is -1.44. The minimum Gasteiger partial charge on any atom is -0.325 e. The third-order valence-electron chi connectivity index (χ3n) is 2.39. The monoisotopic (exact) mass is 271 g/mol. The maximum absolute atomic E-state index is 11.6. The van der Waals surface area contributed by atoms with Crippen LogP contribution < -0.4 is 16.2 Å². The van der Waals surface area contributed by atoms with Crippen LogP contribution in [0.5, 0.6) is 0 Å². The van der Waals surface area contributed by atoms with Crippen molar-refractivity contribution in [1.82, 2.24) is 0 Å². The number of rotatable bonds is 5. The van der Waals surface area contributed by atoms with Crippen molar-refractivity contribution in [3.63, 3.8) is 0 Å². The Labute approximate surface area is 106 Å². The Morgan fingerprint density at radius 1 is 1.33 bits per heavy atom. The van der Waals surface area contributed by atoms with Crippen molar-refractivity contribution < 1.29 is 13.2 Å². The first-order valence-electron chi connectivity index (χ1n) is 5.54. The minimum atomic E-state index is -3.71. The molecule has 0 fully saturated rings. The van der Waals surface area contributed by atoms with Crippen molar-refractivity contribution in [3.05, 3.63) is 24.3 Å². The zero-order valence-electron chi connectivity index (χ0n) is 10.1. The average molecular weight is 271 g/mol. The van der Waals surface area contributed by atoms with Crippen LogP contribution in [0.15, 0.2) is 29.2 Å². The van der Waals surface area contributed by atoms with E-state index in [1.54, 1.807) is 0 Å². The number of carbonyl (C=O) groups excluding carboxylic acids is 1. The number of benzene rings is 1. The van der Waals surface area contributed by atoms with Gasteiger partial charge in [-0.2, -0.15) is 0 Å². The van der Waals surface area contributed by atoms with Crippen molar-refractivity contribution in [3.8, 4) is 0 Å². The summed E-state index contributed by atoms with van der Waals surface area (Å²) in [5, 5.41) is 7.57. The van der Waals surface area contributed by atoms with Crippen LogP contribution in [0, 0.1) is 0 Å². The molecule has 0 heterocycles. The van der Waals surface area contributed by atoms with E-state index < -0.39 is 16.1 Å². The third kappa shape index (κ3) is 4.10. The molecule has 0 saturated carbocycles. The van der Waals surface area contributed by atoms with E-state index in [1.165, 1.54) is 24.3 Å². The van der Waals surface area contributed by atoms with Gasteiger partial charge in [-0.05, 0) is 30.7 Å². The molecule has 0 aliphatic rings. The maximum Gasteiger partial charge on any atom is 0.241 e. The van der Waals surface area contributed by atoms with Crippen molar-refractivity contribution >= 4 is 21.6 Å². The van der Waals surface area contributed by atoms with Crippen LogP contribution >= 0.6 is 0 Å². The Bertz CT molecular complexity index is 511. The number of nitrogens with one attached hydrogen (secondary N) is 1. The van der Waals surface area contributed by atoms with Crippen molar-refractivity contribution in [2.24, 2.45) is 10.9 Å². The Balaban J connectivity index is 2.73. The van der Waals surface area contributed by atoms with Crippen LogP contribution in [0.1, 0.15) is 19.8 Å². The normalized spacial score (nSPS) is 13.1. The van der Waals surface area contributed by atoms with E-state index in [9.17, 15) is 13.2 Å². The predicted octanol–water partition coefficient (Wildman–Crippen LogP) is 0.400. The van der Waals surface area contributed by atoms with Crippen molar-refractivity contribution in [2.75, 3.05) is 5.32 Å². The van der Waals surface area contributed by atoms with E-state index in [4.69, 9.17) is 10.9 Å². The average Bonchev–Trinajstić information content (AvgIpc) is 2.28. The summed E-state index contributed by atoms with van der Waals surface area (Å²) in [6, 6.07) is 5.03. The first-order valence-corrected chi connectivity index (χ1v) is 7.08. The highest BCUT2D eigenvalue weighted by Crippen LogP contribution is 2.13. The molecule has 1 unspecified atom stereocenters. The lowest BCUT2D eigenvalue weighted by molar-refractivity contribution is -0.117. The Morgan fingerprint density at radius 3 is 2.33 bits per heavy atom. The van der Waals surface area contributed by atoms with Gasteiger partial charge < -0.3 is 11.1 Å². The standard InChI is InChI=1S/C11H17N3O3S/c1-2-3-10(12)11(15)14-8-4-6-9(7-5-8)18(13,16)17/h4-7,10H,2-3,12H2,1H3,(H,14,15)(H2,13,16,17). The van der Waals surface area contributed by atoms with E-state index in [1.807, 2.05) is 6.92 Å². The molecule has 0 bridgehead atoms. The third-order valence-corrected chi connectivity index (χ3v) is 3.32. The molecule has 0 aromatic heterocycles. The van der Waals surface area contributed by atoms with Gasteiger partial charge in [0.15, 0.2) is 0 Å². The molecular formula is C11H17N3O3S. The summed E-state index contributed by atoms with van der Waals surface area (Å²) in [4.78, 5) is 11.6. The number of anilines is 1. The summed E-state index contributed by atoms with van der Waals surface area (Å²) in [6.45, 7) is 1.94. The molecular weight excluding hydrogens is 254 g/mol. The second kappa shape index (κ2) is 5.94. The molecule has 1 amide bonds. The van der Waals surface area contributed by atoms with Gasteiger partial charge in [-0.25, -0.2) is 13.6 Å². The molecule has 0 radical (unpaired) electrons. The van der Waals surface area contributed by atoms with Crippen LogP contribution in [0.4, 0.5) is 5.69 Å². The summed E-state index contributed by atoms with van der Waals surface area (Å²) in [5.41, 5.74) is 6.13. The van der Waals surface area contributed by atoms with Crippen LogP contribution in [-0.2, 0) is 14.8 Å². The second-order valence-electron chi connectivity index (χ2n) is 3.95.